The summed E-state index contributed by atoms with van der Waals surface area (Å²) < 4.78 is 38.6. The number of likely N-dealkylation sites (tertiary alicyclic amines) is 1. The van der Waals surface area contributed by atoms with Crippen molar-refractivity contribution in [2.75, 3.05) is 33.8 Å². The molecule has 1 N–H and O–H groups in total. The number of aryl methyl sites for hydroxylation is 2. The minimum absolute atomic E-state index is 0.214. The molecule has 38 heavy (non-hydrogen) atoms. The fourth-order valence-electron chi connectivity index (χ4n) is 4.86. The summed E-state index contributed by atoms with van der Waals surface area (Å²) in [4.78, 5) is 15.4. The predicted molar refractivity (Wildman–Crippen MR) is 147 cm³/mol. The van der Waals surface area contributed by atoms with Crippen LogP contribution in [0.15, 0.2) is 58.0 Å². The lowest BCUT2D eigenvalue weighted by atomic mass is 10.1. The molecule has 1 aliphatic heterocycles. The molecule has 0 spiro atoms. The van der Waals surface area contributed by atoms with Crippen LogP contribution in [0.2, 0.25) is 0 Å². The molecule has 1 fully saturated rings. The number of benzene rings is 2. The number of sulfonamides is 1. The van der Waals surface area contributed by atoms with Crippen LogP contribution < -0.4 is 10.1 Å². The van der Waals surface area contributed by atoms with E-state index in [2.05, 4.69) is 34.5 Å². The quantitative estimate of drug-likeness (QED) is 0.391. The molecular weight excluding hydrogens is 502 g/mol. The Kier molecular flexibility index (Phi) is 8.91. The van der Waals surface area contributed by atoms with Gasteiger partial charge in [-0.3, -0.25) is 9.69 Å². The Bertz CT molecular complexity index is 1340. The van der Waals surface area contributed by atoms with Crippen LogP contribution in [0, 0.1) is 13.8 Å². The number of hydrogen-bond donors (Lipinski definition) is 1. The molecule has 0 radical (unpaired) electrons. The number of rotatable bonds is 11. The molecule has 0 unspecified atom stereocenters. The highest BCUT2D eigenvalue weighted by Crippen LogP contribution is 2.28. The van der Waals surface area contributed by atoms with E-state index in [1.54, 1.807) is 46.2 Å². The molecule has 1 amide bonds. The Morgan fingerprint density at radius 3 is 2.32 bits per heavy atom. The van der Waals surface area contributed by atoms with E-state index in [9.17, 15) is 13.2 Å². The maximum absolute atomic E-state index is 13.2. The van der Waals surface area contributed by atoms with Gasteiger partial charge >= 0.3 is 0 Å². The van der Waals surface area contributed by atoms with Gasteiger partial charge in [0.25, 0.3) is 5.91 Å². The van der Waals surface area contributed by atoms with Gasteiger partial charge in [0, 0.05) is 33.1 Å². The lowest BCUT2D eigenvalue weighted by molar-refractivity contribution is 0.0950. The molecule has 0 aliphatic carbocycles. The summed E-state index contributed by atoms with van der Waals surface area (Å²) in [5.41, 5.74) is 3.99. The molecule has 204 valence electrons. The molecule has 9 heteroatoms. The number of hydrogen-bond acceptors (Lipinski definition) is 6. The van der Waals surface area contributed by atoms with E-state index >= 15 is 0 Å². The molecule has 4 rings (SSSR count). The molecule has 2 heterocycles. The fraction of sp³-hybridized carbons (Fsp3) is 0.414. The third kappa shape index (κ3) is 6.64. The molecule has 0 saturated carbocycles. The third-order valence-electron chi connectivity index (χ3n) is 7.01. The largest absolute Gasteiger partial charge is 0.497 e. The zero-order valence-corrected chi connectivity index (χ0v) is 23.4. The highest BCUT2D eigenvalue weighted by atomic mass is 32.2. The van der Waals surface area contributed by atoms with Crippen molar-refractivity contribution >= 4 is 15.9 Å². The lowest BCUT2D eigenvalue weighted by Crippen LogP contribution is -2.30. The summed E-state index contributed by atoms with van der Waals surface area (Å²) in [7, 11) is -0.598. The van der Waals surface area contributed by atoms with Crippen molar-refractivity contribution < 1.29 is 22.4 Å². The highest BCUT2D eigenvalue weighted by Gasteiger charge is 2.25. The van der Waals surface area contributed by atoms with E-state index in [1.165, 1.54) is 42.1 Å². The van der Waals surface area contributed by atoms with Crippen LogP contribution in [-0.2, 0) is 29.5 Å². The van der Waals surface area contributed by atoms with Crippen LogP contribution in [-0.4, -0.2) is 57.3 Å². The number of amides is 1. The van der Waals surface area contributed by atoms with Crippen molar-refractivity contribution in [1.29, 1.82) is 0 Å². The van der Waals surface area contributed by atoms with E-state index in [-0.39, 0.29) is 17.3 Å². The standard InChI is InChI=1S/C29H37N3O5S/c1-21-15-27(36-4)16-22(2)28(21)38(34,35)31(3)14-11-26-17-25(20-37-26)29(33)30-18-23-7-9-24(10-8-23)19-32-12-5-6-13-32/h7-10,15-17,20H,5-6,11-14,18-19H2,1-4H3,(H,30,33). The molecule has 1 aliphatic rings. The van der Waals surface area contributed by atoms with Crippen LogP contribution in [0.5, 0.6) is 5.75 Å². The zero-order chi connectivity index (χ0) is 27.3. The topological polar surface area (TPSA) is 92.1 Å². The van der Waals surface area contributed by atoms with E-state index in [0.717, 1.165) is 12.1 Å². The molecule has 1 saturated heterocycles. The third-order valence-corrected chi connectivity index (χ3v) is 9.17. The van der Waals surface area contributed by atoms with Crippen LogP contribution in [0.3, 0.4) is 0 Å². The molecular formula is C29H37N3O5S. The van der Waals surface area contributed by atoms with Gasteiger partial charge < -0.3 is 14.5 Å². The van der Waals surface area contributed by atoms with Crippen LogP contribution in [0.25, 0.3) is 0 Å². The molecule has 3 aromatic rings. The van der Waals surface area contributed by atoms with Crippen molar-refractivity contribution in [3.8, 4) is 5.75 Å². The van der Waals surface area contributed by atoms with Gasteiger partial charge in [-0.2, -0.15) is 0 Å². The van der Waals surface area contributed by atoms with Crippen molar-refractivity contribution in [3.63, 3.8) is 0 Å². The monoisotopic (exact) mass is 539 g/mol. The molecule has 2 aromatic carbocycles. The van der Waals surface area contributed by atoms with Crippen LogP contribution in [0.4, 0.5) is 0 Å². The van der Waals surface area contributed by atoms with Crippen LogP contribution >= 0.6 is 0 Å². The van der Waals surface area contributed by atoms with Crippen molar-refractivity contribution in [2.45, 2.75) is 51.1 Å². The van der Waals surface area contributed by atoms with Gasteiger partial charge in [-0.1, -0.05) is 24.3 Å². The Labute approximate surface area is 225 Å². The van der Waals surface area contributed by atoms with Gasteiger partial charge in [0.2, 0.25) is 10.0 Å². The van der Waals surface area contributed by atoms with Gasteiger partial charge in [-0.25, -0.2) is 12.7 Å². The highest BCUT2D eigenvalue weighted by molar-refractivity contribution is 7.89. The van der Waals surface area contributed by atoms with Gasteiger partial charge in [0.15, 0.2) is 0 Å². The maximum Gasteiger partial charge on any atom is 0.254 e. The first kappa shape index (κ1) is 27.9. The number of ether oxygens (including phenoxy) is 1. The van der Waals surface area contributed by atoms with Gasteiger partial charge in [-0.15, -0.1) is 0 Å². The summed E-state index contributed by atoms with van der Waals surface area (Å²) in [6, 6.07) is 13.4. The number of nitrogens with one attached hydrogen (secondary N) is 1. The predicted octanol–water partition coefficient (Wildman–Crippen LogP) is 4.29. The Balaban J connectivity index is 1.29. The second kappa shape index (κ2) is 12.1. The first-order chi connectivity index (χ1) is 18.2. The maximum atomic E-state index is 13.2. The summed E-state index contributed by atoms with van der Waals surface area (Å²) in [6.45, 7) is 7.46. The number of likely N-dealkylation sites (N-methyl/N-ethyl adjacent to an activating group) is 1. The average Bonchev–Trinajstić information content (AvgIpc) is 3.58. The van der Waals surface area contributed by atoms with Crippen molar-refractivity contribution in [2.24, 2.45) is 0 Å². The summed E-state index contributed by atoms with van der Waals surface area (Å²) in [5.74, 6) is 0.941. The minimum Gasteiger partial charge on any atom is -0.497 e. The number of carbonyl (C=O) groups excluding carboxylic acids is 1. The van der Waals surface area contributed by atoms with E-state index in [4.69, 9.17) is 9.15 Å². The van der Waals surface area contributed by atoms with Crippen molar-refractivity contribution in [1.82, 2.24) is 14.5 Å². The first-order valence-corrected chi connectivity index (χ1v) is 14.4. The van der Waals surface area contributed by atoms with Crippen LogP contribution in [0.1, 0.15) is 51.2 Å². The normalized spacial score (nSPS) is 14.2. The smallest absolute Gasteiger partial charge is 0.254 e. The molecule has 8 nitrogen and oxygen atoms in total. The Hall–Kier alpha value is -3.14. The van der Waals surface area contributed by atoms with Crippen molar-refractivity contribution in [3.05, 3.63) is 82.3 Å². The Morgan fingerprint density at radius 1 is 1.05 bits per heavy atom. The fourth-order valence-corrected chi connectivity index (χ4v) is 6.43. The van der Waals surface area contributed by atoms with Gasteiger partial charge in [0.1, 0.15) is 17.8 Å². The van der Waals surface area contributed by atoms with Gasteiger partial charge in [0.05, 0.1) is 17.6 Å². The lowest BCUT2D eigenvalue weighted by Gasteiger charge is -2.20. The second-order valence-electron chi connectivity index (χ2n) is 9.95. The molecule has 0 bridgehead atoms. The first-order valence-electron chi connectivity index (χ1n) is 12.9. The summed E-state index contributed by atoms with van der Waals surface area (Å²) >= 11 is 0. The zero-order valence-electron chi connectivity index (χ0n) is 22.6. The van der Waals surface area contributed by atoms with Gasteiger partial charge in [-0.05, 0) is 80.2 Å². The number of furan rings is 1. The summed E-state index contributed by atoms with van der Waals surface area (Å²) in [5, 5.41) is 2.93. The second-order valence-corrected chi connectivity index (χ2v) is 11.9. The molecule has 0 atom stereocenters. The minimum atomic E-state index is -3.70. The number of nitrogens with zero attached hydrogens (tertiary/aromatic N) is 2. The Morgan fingerprint density at radius 2 is 1.68 bits per heavy atom. The van der Waals surface area contributed by atoms with E-state index in [1.807, 2.05) is 0 Å². The average molecular weight is 540 g/mol. The summed E-state index contributed by atoms with van der Waals surface area (Å²) in [6.07, 6.45) is 4.31. The van der Waals surface area contributed by atoms with E-state index in [0.29, 0.717) is 41.2 Å². The number of carbonyl (C=O) groups is 1. The molecule has 1 aromatic heterocycles. The SMILES string of the molecule is COc1cc(C)c(S(=O)(=O)N(C)CCc2cc(C(=O)NCc3ccc(CN4CCCC4)cc3)co2)c(C)c1. The number of methoxy groups -OCH3 is 1. The van der Waals surface area contributed by atoms with E-state index < -0.39 is 10.0 Å².